The quantitative estimate of drug-likeness (QED) is 0.870. The third-order valence-electron chi connectivity index (χ3n) is 2.70. The number of benzene rings is 2. The Morgan fingerprint density at radius 2 is 1.76 bits per heavy atom. The molecule has 0 saturated heterocycles. The van der Waals surface area contributed by atoms with E-state index >= 15 is 0 Å². The normalized spacial score (nSPS) is 10.3. The van der Waals surface area contributed by atoms with E-state index in [4.69, 9.17) is 4.74 Å². The number of hydrogen-bond acceptors (Lipinski definition) is 2. The summed E-state index contributed by atoms with van der Waals surface area (Å²) in [6.45, 7) is 3.99. The zero-order valence-corrected chi connectivity index (χ0v) is 10.1. The van der Waals surface area contributed by atoms with Gasteiger partial charge in [-0.2, -0.15) is 0 Å². The van der Waals surface area contributed by atoms with Crippen LogP contribution < -0.4 is 4.74 Å². The Labute approximate surface area is 101 Å². The van der Waals surface area contributed by atoms with Crippen LogP contribution in [-0.4, -0.2) is 5.11 Å². The summed E-state index contributed by atoms with van der Waals surface area (Å²) in [5.41, 5.74) is 3.01. The molecule has 0 aliphatic heterocycles. The van der Waals surface area contributed by atoms with Gasteiger partial charge in [-0.05, 0) is 31.5 Å². The Morgan fingerprint density at radius 3 is 2.47 bits per heavy atom. The van der Waals surface area contributed by atoms with Crippen LogP contribution in [0.2, 0.25) is 0 Å². The third-order valence-corrected chi connectivity index (χ3v) is 2.70. The fourth-order valence-corrected chi connectivity index (χ4v) is 1.72. The molecule has 2 nitrogen and oxygen atoms in total. The minimum Gasteiger partial charge on any atom is -0.457 e. The SMILES string of the molecule is Cc1ccc(Oc2ccccc2C)c(CO)c1. The number of hydrogen-bond donors (Lipinski definition) is 1. The minimum atomic E-state index is -0.0110. The van der Waals surface area contributed by atoms with Gasteiger partial charge in [0.05, 0.1) is 6.61 Å². The van der Waals surface area contributed by atoms with E-state index in [2.05, 4.69) is 0 Å². The van der Waals surface area contributed by atoms with Crippen molar-refractivity contribution in [2.24, 2.45) is 0 Å². The van der Waals surface area contributed by atoms with Crippen molar-refractivity contribution in [3.05, 3.63) is 59.2 Å². The van der Waals surface area contributed by atoms with Crippen molar-refractivity contribution in [1.29, 1.82) is 0 Å². The van der Waals surface area contributed by atoms with E-state index in [0.29, 0.717) is 5.75 Å². The van der Waals surface area contributed by atoms with Crippen molar-refractivity contribution in [2.75, 3.05) is 0 Å². The van der Waals surface area contributed by atoms with Crippen molar-refractivity contribution >= 4 is 0 Å². The predicted octanol–water partition coefficient (Wildman–Crippen LogP) is 3.59. The number of aliphatic hydroxyl groups excluding tert-OH is 1. The van der Waals surface area contributed by atoms with Crippen molar-refractivity contribution in [2.45, 2.75) is 20.5 Å². The molecular formula is C15H16O2. The van der Waals surface area contributed by atoms with Crippen LogP contribution in [0.15, 0.2) is 42.5 Å². The van der Waals surface area contributed by atoms with Crippen LogP contribution >= 0.6 is 0 Å². The molecule has 0 unspecified atom stereocenters. The summed E-state index contributed by atoms with van der Waals surface area (Å²) in [6, 6.07) is 13.7. The van der Waals surface area contributed by atoms with E-state index in [1.165, 1.54) is 0 Å². The summed E-state index contributed by atoms with van der Waals surface area (Å²) in [6.07, 6.45) is 0. The Balaban J connectivity index is 2.33. The number of para-hydroxylation sites is 1. The Kier molecular flexibility index (Phi) is 3.45. The molecule has 0 bridgehead atoms. The molecule has 0 amide bonds. The standard InChI is InChI=1S/C15H16O2/c1-11-7-8-15(13(9-11)10-16)17-14-6-4-3-5-12(14)2/h3-9,16H,10H2,1-2H3. The lowest BCUT2D eigenvalue weighted by atomic mass is 10.1. The first-order valence-corrected chi connectivity index (χ1v) is 5.64. The topological polar surface area (TPSA) is 29.5 Å². The average Bonchev–Trinajstić information content (AvgIpc) is 2.34. The van der Waals surface area contributed by atoms with Gasteiger partial charge < -0.3 is 9.84 Å². The van der Waals surface area contributed by atoms with Gasteiger partial charge in [0.25, 0.3) is 0 Å². The zero-order valence-electron chi connectivity index (χ0n) is 10.1. The summed E-state index contributed by atoms with van der Waals surface area (Å²) in [4.78, 5) is 0. The maximum atomic E-state index is 9.31. The van der Waals surface area contributed by atoms with Gasteiger partial charge in [0.2, 0.25) is 0 Å². The van der Waals surface area contributed by atoms with Crippen LogP contribution in [0.1, 0.15) is 16.7 Å². The van der Waals surface area contributed by atoms with E-state index in [0.717, 1.165) is 22.4 Å². The first-order valence-electron chi connectivity index (χ1n) is 5.64. The van der Waals surface area contributed by atoms with Gasteiger partial charge in [-0.15, -0.1) is 0 Å². The maximum Gasteiger partial charge on any atom is 0.132 e. The number of aryl methyl sites for hydroxylation is 2. The van der Waals surface area contributed by atoms with Crippen molar-refractivity contribution in [3.63, 3.8) is 0 Å². The highest BCUT2D eigenvalue weighted by atomic mass is 16.5. The average molecular weight is 228 g/mol. The monoisotopic (exact) mass is 228 g/mol. The molecule has 1 N–H and O–H groups in total. The highest BCUT2D eigenvalue weighted by Crippen LogP contribution is 2.28. The summed E-state index contributed by atoms with van der Waals surface area (Å²) in [5.74, 6) is 1.54. The summed E-state index contributed by atoms with van der Waals surface area (Å²) in [7, 11) is 0. The van der Waals surface area contributed by atoms with E-state index in [1.807, 2.05) is 56.3 Å². The Hall–Kier alpha value is -1.80. The number of aliphatic hydroxyl groups is 1. The first kappa shape index (κ1) is 11.7. The smallest absolute Gasteiger partial charge is 0.132 e. The fraction of sp³-hybridized carbons (Fsp3) is 0.200. The lowest BCUT2D eigenvalue weighted by Gasteiger charge is -2.12. The summed E-state index contributed by atoms with van der Waals surface area (Å²) < 4.78 is 5.83. The molecular weight excluding hydrogens is 212 g/mol. The van der Waals surface area contributed by atoms with Crippen molar-refractivity contribution < 1.29 is 9.84 Å². The Bertz CT molecular complexity index is 518. The highest BCUT2D eigenvalue weighted by Gasteiger charge is 2.05. The van der Waals surface area contributed by atoms with Gasteiger partial charge in [0.1, 0.15) is 11.5 Å². The second-order valence-electron chi connectivity index (χ2n) is 4.14. The molecule has 2 aromatic carbocycles. The summed E-state index contributed by atoms with van der Waals surface area (Å²) >= 11 is 0. The van der Waals surface area contributed by atoms with Crippen LogP contribution in [0.25, 0.3) is 0 Å². The molecule has 0 radical (unpaired) electrons. The fourth-order valence-electron chi connectivity index (χ4n) is 1.72. The number of rotatable bonds is 3. The maximum absolute atomic E-state index is 9.31. The van der Waals surface area contributed by atoms with Gasteiger partial charge >= 0.3 is 0 Å². The molecule has 0 heterocycles. The molecule has 0 saturated carbocycles. The lowest BCUT2D eigenvalue weighted by Crippen LogP contribution is -1.93. The van der Waals surface area contributed by atoms with Gasteiger partial charge in [-0.1, -0.05) is 35.9 Å². The molecule has 2 heteroatoms. The van der Waals surface area contributed by atoms with Gasteiger partial charge in [0.15, 0.2) is 0 Å². The summed E-state index contributed by atoms with van der Waals surface area (Å²) in [5, 5.41) is 9.31. The van der Waals surface area contributed by atoms with Gasteiger partial charge in [-0.25, -0.2) is 0 Å². The van der Waals surface area contributed by atoms with Crippen molar-refractivity contribution in [1.82, 2.24) is 0 Å². The molecule has 2 aromatic rings. The molecule has 0 aliphatic rings. The van der Waals surface area contributed by atoms with E-state index in [1.54, 1.807) is 0 Å². The van der Waals surface area contributed by atoms with Crippen LogP contribution in [-0.2, 0) is 6.61 Å². The highest BCUT2D eigenvalue weighted by molar-refractivity contribution is 5.42. The minimum absolute atomic E-state index is 0.0110. The van der Waals surface area contributed by atoms with Crippen LogP contribution in [0, 0.1) is 13.8 Å². The molecule has 17 heavy (non-hydrogen) atoms. The molecule has 0 atom stereocenters. The largest absolute Gasteiger partial charge is 0.457 e. The molecule has 0 spiro atoms. The van der Waals surface area contributed by atoms with Crippen LogP contribution in [0.5, 0.6) is 11.5 Å². The Morgan fingerprint density at radius 1 is 1.00 bits per heavy atom. The van der Waals surface area contributed by atoms with Crippen molar-refractivity contribution in [3.8, 4) is 11.5 Å². The molecule has 88 valence electrons. The second-order valence-corrected chi connectivity index (χ2v) is 4.14. The number of ether oxygens (including phenoxy) is 1. The molecule has 2 rings (SSSR count). The first-order chi connectivity index (χ1) is 8.20. The van der Waals surface area contributed by atoms with E-state index < -0.39 is 0 Å². The zero-order chi connectivity index (χ0) is 12.3. The van der Waals surface area contributed by atoms with E-state index in [-0.39, 0.29) is 6.61 Å². The second kappa shape index (κ2) is 5.02. The van der Waals surface area contributed by atoms with E-state index in [9.17, 15) is 5.11 Å². The lowest BCUT2D eigenvalue weighted by molar-refractivity contribution is 0.276. The molecule has 0 fully saturated rings. The van der Waals surface area contributed by atoms with Gasteiger partial charge in [-0.3, -0.25) is 0 Å². The van der Waals surface area contributed by atoms with Crippen LogP contribution in [0.3, 0.4) is 0 Å². The molecule has 0 aliphatic carbocycles. The third kappa shape index (κ3) is 2.66. The van der Waals surface area contributed by atoms with Gasteiger partial charge in [0, 0.05) is 5.56 Å². The predicted molar refractivity (Wildman–Crippen MR) is 68.4 cm³/mol. The molecule has 0 aromatic heterocycles. The van der Waals surface area contributed by atoms with Crippen LogP contribution in [0.4, 0.5) is 0 Å².